The van der Waals surface area contributed by atoms with E-state index in [2.05, 4.69) is 15.1 Å². The molecule has 14 heteroatoms. The molecule has 3 aromatic rings. The number of nitrogens with zero attached hydrogens (tertiary/aromatic N) is 5. The number of benzene rings is 1. The summed E-state index contributed by atoms with van der Waals surface area (Å²) in [6.07, 6.45) is -7.16. The van der Waals surface area contributed by atoms with Crippen LogP contribution in [0, 0.1) is 6.92 Å². The number of aliphatic hydroxyl groups is 1. The zero-order valence-corrected chi connectivity index (χ0v) is 19.1. The van der Waals surface area contributed by atoms with E-state index in [0.717, 1.165) is 22.5 Å². The first kappa shape index (κ1) is 25.4. The molecule has 3 N–H and O–H groups in total. The highest BCUT2D eigenvalue weighted by atomic mass is 35.5. The van der Waals surface area contributed by atoms with Gasteiger partial charge in [0.15, 0.2) is 11.5 Å². The summed E-state index contributed by atoms with van der Waals surface area (Å²) in [6.45, 7) is 1.06. The van der Waals surface area contributed by atoms with Crippen LogP contribution < -0.4 is 5.73 Å². The minimum absolute atomic E-state index is 0.0430. The lowest BCUT2D eigenvalue weighted by atomic mass is 10.2. The van der Waals surface area contributed by atoms with Crippen LogP contribution in [0.15, 0.2) is 42.6 Å². The van der Waals surface area contributed by atoms with Crippen LogP contribution in [0.5, 0.6) is 0 Å². The summed E-state index contributed by atoms with van der Waals surface area (Å²) in [5.41, 5.74) is 4.73. The number of hydroxylamine groups is 2. The number of hydrogen-bond acceptors (Lipinski definition) is 9. The van der Waals surface area contributed by atoms with Gasteiger partial charge < -0.3 is 20.3 Å². The van der Waals surface area contributed by atoms with Gasteiger partial charge in [-0.1, -0.05) is 41.9 Å². The van der Waals surface area contributed by atoms with E-state index >= 15 is 0 Å². The molecule has 1 aliphatic rings. The van der Waals surface area contributed by atoms with Crippen LogP contribution in [-0.2, 0) is 20.5 Å². The molecule has 3 unspecified atom stereocenters. The molecule has 0 spiro atoms. The molecule has 1 fully saturated rings. The van der Waals surface area contributed by atoms with Gasteiger partial charge in [0.2, 0.25) is 6.29 Å². The third-order valence-corrected chi connectivity index (χ3v) is 5.21. The summed E-state index contributed by atoms with van der Waals surface area (Å²) in [5, 5.41) is 15.9. The SMILES string of the molecule is Cc1nc(C(OCN2COC(c3ccccc3)O2)C(O)CN)n(-c2cc(Cl)cnc2C(F)(F)F)n1. The van der Waals surface area contributed by atoms with Gasteiger partial charge in [0.05, 0.1) is 16.8 Å². The number of nitrogens with two attached hydrogens (primary N) is 1. The fourth-order valence-electron chi connectivity index (χ4n) is 3.43. The van der Waals surface area contributed by atoms with Gasteiger partial charge in [-0.2, -0.15) is 18.3 Å². The number of aryl methyl sites for hydroxylation is 1. The topological polar surface area (TPSA) is 121 Å². The van der Waals surface area contributed by atoms with Crippen molar-refractivity contribution in [2.75, 3.05) is 20.0 Å². The van der Waals surface area contributed by atoms with Crippen molar-refractivity contribution in [3.05, 3.63) is 70.5 Å². The van der Waals surface area contributed by atoms with E-state index in [0.29, 0.717) is 0 Å². The summed E-state index contributed by atoms with van der Waals surface area (Å²) in [4.78, 5) is 13.3. The van der Waals surface area contributed by atoms with E-state index in [-0.39, 0.29) is 36.7 Å². The van der Waals surface area contributed by atoms with Crippen molar-refractivity contribution >= 4 is 11.6 Å². The summed E-state index contributed by atoms with van der Waals surface area (Å²) in [7, 11) is 0. The van der Waals surface area contributed by atoms with Crippen molar-refractivity contribution in [1.29, 1.82) is 0 Å². The molecular weight excluding hydrogens is 493 g/mol. The third kappa shape index (κ3) is 5.78. The number of aromatic nitrogens is 4. The van der Waals surface area contributed by atoms with Gasteiger partial charge in [-0.3, -0.25) is 4.84 Å². The molecule has 0 radical (unpaired) electrons. The van der Waals surface area contributed by atoms with Crippen molar-refractivity contribution in [2.45, 2.75) is 31.6 Å². The Kier molecular flexibility index (Phi) is 7.66. The van der Waals surface area contributed by atoms with Crippen LogP contribution in [0.25, 0.3) is 5.69 Å². The first-order chi connectivity index (χ1) is 16.7. The Morgan fingerprint density at radius 3 is 2.74 bits per heavy atom. The average Bonchev–Trinajstić information content (AvgIpc) is 3.45. The smallest absolute Gasteiger partial charge is 0.389 e. The molecule has 1 aromatic carbocycles. The Morgan fingerprint density at radius 2 is 2.06 bits per heavy atom. The summed E-state index contributed by atoms with van der Waals surface area (Å²) < 4.78 is 53.3. The second kappa shape index (κ2) is 10.5. The number of aliphatic hydroxyl groups excluding tert-OH is 1. The molecule has 4 rings (SSSR count). The van der Waals surface area contributed by atoms with Gasteiger partial charge in [-0.05, 0) is 13.0 Å². The number of pyridine rings is 1. The van der Waals surface area contributed by atoms with Gasteiger partial charge in [-0.25, -0.2) is 14.6 Å². The monoisotopic (exact) mass is 514 g/mol. The van der Waals surface area contributed by atoms with Crippen LogP contribution in [0.3, 0.4) is 0 Å². The number of rotatable bonds is 8. The van der Waals surface area contributed by atoms with Crippen LogP contribution >= 0.6 is 11.6 Å². The lowest BCUT2D eigenvalue weighted by molar-refractivity contribution is -0.221. The highest BCUT2D eigenvalue weighted by Gasteiger charge is 2.38. The minimum Gasteiger partial charge on any atom is -0.389 e. The fraction of sp³-hybridized carbons (Fsp3) is 0.381. The molecule has 0 amide bonds. The first-order valence-electron chi connectivity index (χ1n) is 10.4. The zero-order chi connectivity index (χ0) is 25.2. The van der Waals surface area contributed by atoms with Crippen molar-refractivity contribution in [1.82, 2.24) is 24.8 Å². The molecular formula is C21H22ClF3N6O4. The molecule has 188 valence electrons. The maximum atomic E-state index is 13.7. The van der Waals surface area contributed by atoms with Gasteiger partial charge >= 0.3 is 6.18 Å². The quantitative estimate of drug-likeness (QED) is 0.467. The largest absolute Gasteiger partial charge is 0.435 e. The van der Waals surface area contributed by atoms with E-state index in [1.54, 1.807) is 0 Å². The Labute approximate surface area is 202 Å². The number of halogens is 4. The molecule has 3 heterocycles. The molecule has 0 bridgehead atoms. The predicted octanol–water partition coefficient (Wildman–Crippen LogP) is 2.90. The molecule has 0 saturated carbocycles. The van der Waals surface area contributed by atoms with Gasteiger partial charge in [0.1, 0.15) is 25.4 Å². The van der Waals surface area contributed by atoms with Crippen molar-refractivity contribution in [3.63, 3.8) is 0 Å². The standard InChI is InChI=1S/C21H22ClF3N6O4/c1-12-28-19(31(29-12)15-7-14(22)9-27-18(15)21(23,24)25)17(16(32)8-26)33-10-30-11-34-20(35-30)13-5-3-2-4-6-13/h2-7,9,16-17,20,32H,8,10-11,26H2,1H3. The highest BCUT2D eigenvalue weighted by Crippen LogP contribution is 2.35. The highest BCUT2D eigenvalue weighted by molar-refractivity contribution is 6.30. The second-order valence-electron chi connectivity index (χ2n) is 7.59. The third-order valence-electron chi connectivity index (χ3n) is 5.00. The van der Waals surface area contributed by atoms with E-state index in [4.69, 9.17) is 31.6 Å². The van der Waals surface area contributed by atoms with E-state index in [9.17, 15) is 18.3 Å². The summed E-state index contributed by atoms with van der Waals surface area (Å²) in [6, 6.07) is 10.3. The van der Waals surface area contributed by atoms with Crippen molar-refractivity contribution in [3.8, 4) is 5.69 Å². The number of alkyl halides is 3. The minimum atomic E-state index is -4.80. The Morgan fingerprint density at radius 1 is 1.31 bits per heavy atom. The van der Waals surface area contributed by atoms with Crippen LogP contribution in [0.1, 0.15) is 35.3 Å². The molecule has 2 aromatic heterocycles. The maximum Gasteiger partial charge on any atom is 0.435 e. The van der Waals surface area contributed by atoms with Gasteiger partial charge in [-0.15, -0.1) is 5.06 Å². The van der Waals surface area contributed by atoms with E-state index < -0.39 is 36.1 Å². The molecule has 10 nitrogen and oxygen atoms in total. The molecule has 35 heavy (non-hydrogen) atoms. The fourth-order valence-corrected chi connectivity index (χ4v) is 3.58. The summed E-state index contributed by atoms with van der Waals surface area (Å²) in [5.74, 6) is 0.0190. The lowest BCUT2D eigenvalue weighted by Crippen LogP contribution is -2.34. The van der Waals surface area contributed by atoms with Crippen LogP contribution in [0.2, 0.25) is 5.02 Å². The average molecular weight is 515 g/mol. The van der Waals surface area contributed by atoms with Gasteiger partial charge in [0, 0.05) is 18.3 Å². The van der Waals surface area contributed by atoms with E-state index in [1.807, 2.05) is 30.3 Å². The first-order valence-corrected chi connectivity index (χ1v) is 10.8. The second-order valence-corrected chi connectivity index (χ2v) is 8.03. The number of hydrogen-bond donors (Lipinski definition) is 2. The molecule has 1 aliphatic heterocycles. The molecule has 3 atom stereocenters. The zero-order valence-electron chi connectivity index (χ0n) is 18.4. The number of ether oxygens (including phenoxy) is 2. The molecule has 1 saturated heterocycles. The normalized spacial score (nSPS) is 18.7. The maximum absolute atomic E-state index is 13.7. The van der Waals surface area contributed by atoms with Crippen molar-refractivity contribution in [2.24, 2.45) is 5.73 Å². The van der Waals surface area contributed by atoms with E-state index in [1.165, 1.54) is 12.0 Å². The molecule has 0 aliphatic carbocycles. The Hall–Kier alpha value is -2.65. The van der Waals surface area contributed by atoms with Gasteiger partial charge in [0.25, 0.3) is 0 Å². The predicted molar refractivity (Wildman–Crippen MR) is 116 cm³/mol. The Bertz CT molecular complexity index is 1150. The van der Waals surface area contributed by atoms with Crippen molar-refractivity contribution < 1.29 is 32.6 Å². The lowest BCUT2D eigenvalue weighted by Gasteiger charge is -2.24. The van der Waals surface area contributed by atoms with Crippen LogP contribution in [0.4, 0.5) is 13.2 Å². The summed E-state index contributed by atoms with van der Waals surface area (Å²) >= 11 is 5.93. The Balaban J connectivity index is 1.60. The van der Waals surface area contributed by atoms with Crippen LogP contribution in [-0.4, -0.2) is 56.0 Å².